The number of benzene rings is 1. The molecule has 1 rings (SSSR count). The first-order chi connectivity index (χ1) is 8.54. The predicted molar refractivity (Wildman–Crippen MR) is 65.5 cm³/mol. The maximum absolute atomic E-state index is 12.1. The van der Waals surface area contributed by atoms with Crippen molar-refractivity contribution in [1.82, 2.24) is 0 Å². The molecule has 0 aliphatic rings. The molecule has 1 aromatic rings. The molecular weight excluding hydrogens is 240 g/mol. The minimum absolute atomic E-state index is 0.0561. The first-order valence-electron chi connectivity index (χ1n) is 6.03. The van der Waals surface area contributed by atoms with Crippen LogP contribution < -0.4 is 10.5 Å². The zero-order valence-electron chi connectivity index (χ0n) is 10.4. The van der Waals surface area contributed by atoms with E-state index in [1.807, 2.05) is 6.92 Å². The van der Waals surface area contributed by atoms with Crippen molar-refractivity contribution in [2.24, 2.45) is 5.73 Å². The highest BCUT2D eigenvalue weighted by Crippen LogP contribution is 2.23. The van der Waals surface area contributed by atoms with Gasteiger partial charge in [-0.05, 0) is 24.1 Å². The number of hydrogen-bond donors (Lipinski definition) is 2. The van der Waals surface area contributed by atoms with Crippen LogP contribution in [-0.2, 0) is 0 Å². The van der Waals surface area contributed by atoms with Crippen molar-refractivity contribution in [2.45, 2.75) is 44.9 Å². The molecule has 3 N–H and O–H groups in total. The summed E-state index contributed by atoms with van der Waals surface area (Å²) in [4.78, 5) is 0. The molecule has 0 fully saturated rings. The lowest BCUT2D eigenvalue weighted by Crippen LogP contribution is -2.26. The number of ether oxygens (including phenoxy) is 1. The van der Waals surface area contributed by atoms with E-state index in [2.05, 4.69) is 4.74 Å². The molecule has 0 saturated heterocycles. The van der Waals surface area contributed by atoms with Crippen LogP contribution in [0.15, 0.2) is 24.3 Å². The van der Waals surface area contributed by atoms with Crippen LogP contribution >= 0.6 is 0 Å². The van der Waals surface area contributed by atoms with E-state index in [0.29, 0.717) is 12.0 Å². The fourth-order valence-electron chi connectivity index (χ4n) is 1.71. The van der Waals surface area contributed by atoms with Crippen LogP contribution in [0.5, 0.6) is 5.75 Å². The third kappa shape index (κ3) is 4.58. The van der Waals surface area contributed by atoms with E-state index in [1.54, 1.807) is 12.1 Å². The smallest absolute Gasteiger partial charge is 0.387 e. The van der Waals surface area contributed by atoms with Gasteiger partial charge in [-0.25, -0.2) is 0 Å². The summed E-state index contributed by atoms with van der Waals surface area (Å²) in [7, 11) is 0. The Morgan fingerprint density at radius 1 is 1.39 bits per heavy atom. The fraction of sp³-hybridized carbons (Fsp3) is 0.538. The summed E-state index contributed by atoms with van der Waals surface area (Å²) in [5.74, 6) is 0.0561. The van der Waals surface area contributed by atoms with Crippen LogP contribution in [-0.4, -0.2) is 17.8 Å². The van der Waals surface area contributed by atoms with Crippen LogP contribution in [0.25, 0.3) is 0 Å². The van der Waals surface area contributed by atoms with Gasteiger partial charge in [-0.15, -0.1) is 0 Å². The quantitative estimate of drug-likeness (QED) is 0.791. The molecule has 0 unspecified atom stereocenters. The summed E-state index contributed by atoms with van der Waals surface area (Å²) in [6, 6.07) is 5.56. The zero-order chi connectivity index (χ0) is 13.5. The number of unbranched alkanes of at least 4 members (excludes halogenated alkanes) is 1. The number of rotatable bonds is 7. The second-order valence-corrected chi connectivity index (χ2v) is 4.19. The van der Waals surface area contributed by atoms with E-state index in [9.17, 15) is 13.9 Å². The maximum Gasteiger partial charge on any atom is 0.387 e. The van der Waals surface area contributed by atoms with Gasteiger partial charge in [-0.3, -0.25) is 0 Å². The number of alkyl halides is 2. The van der Waals surface area contributed by atoms with Gasteiger partial charge in [0.05, 0.1) is 12.1 Å². The van der Waals surface area contributed by atoms with E-state index >= 15 is 0 Å². The Morgan fingerprint density at radius 3 is 2.72 bits per heavy atom. The molecule has 0 aromatic heterocycles. The molecule has 1 aromatic carbocycles. The van der Waals surface area contributed by atoms with Crippen LogP contribution in [0.4, 0.5) is 8.78 Å². The highest BCUT2D eigenvalue weighted by atomic mass is 19.3. The van der Waals surface area contributed by atoms with Gasteiger partial charge in [0.25, 0.3) is 0 Å². The van der Waals surface area contributed by atoms with Crippen molar-refractivity contribution in [2.75, 3.05) is 0 Å². The SMILES string of the molecule is CCCC[C@@H](O)[C@@H](N)c1cccc(OC(F)F)c1. The lowest BCUT2D eigenvalue weighted by Gasteiger charge is -2.19. The Labute approximate surface area is 106 Å². The van der Waals surface area contributed by atoms with E-state index < -0.39 is 18.8 Å². The van der Waals surface area contributed by atoms with Crippen molar-refractivity contribution < 1.29 is 18.6 Å². The molecule has 18 heavy (non-hydrogen) atoms. The first-order valence-corrected chi connectivity index (χ1v) is 6.03. The van der Waals surface area contributed by atoms with Gasteiger partial charge in [0.15, 0.2) is 0 Å². The molecule has 0 amide bonds. The number of halogens is 2. The predicted octanol–water partition coefficient (Wildman–Crippen LogP) is 2.84. The number of hydrogen-bond acceptors (Lipinski definition) is 3. The molecule has 0 spiro atoms. The molecule has 2 atom stereocenters. The largest absolute Gasteiger partial charge is 0.435 e. The van der Waals surface area contributed by atoms with Gasteiger partial charge in [-0.2, -0.15) is 8.78 Å². The van der Waals surface area contributed by atoms with Gasteiger partial charge in [0, 0.05) is 0 Å². The molecule has 5 heteroatoms. The Morgan fingerprint density at radius 2 is 2.11 bits per heavy atom. The Balaban J connectivity index is 2.69. The van der Waals surface area contributed by atoms with Crippen molar-refractivity contribution >= 4 is 0 Å². The molecule has 0 bridgehead atoms. The molecular formula is C13H19F2NO2. The monoisotopic (exact) mass is 259 g/mol. The molecule has 3 nitrogen and oxygen atoms in total. The molecule has 0 aliphatic heterocycles. The van der Waals surface area contributed by atoms with Gasteiger partial charge in [0.2, 0.25) is 0 Å². The summed E-state index contributed by atoms with van der Waals surface area (Å²) in [6.07, 6.45) is 1.77. The molecule has 0 radical (unpaired) electrons. The average molecular weight is 259 g/mol. The fourth-order valence-corrected chi connectivity index (χ4v) is 1.71. The molecule has 0 heterocycles. The van der Waals surface area contributed by atoms with Crippen LogP contribution in [0.2, 0.25) is 0 Å². The highest BCUT2D eigenvalue weighted by molar-refractivity contribution is 5.31. The summed E-state index contributed by atoms with van der Waals surface area (Å²) in [6.45, 7) is -0.837. The lowest BCUT2D eigenvalue weighted by molar-refractivity contribution is -0.0499. The van der Waals surface area contributed by atoms with Crippen molar-refractivity contribution in [3.8, 4) is 5.75 Å². The second-order valence-electron chi connectivity index (χ2n) is 4.19. The van der Waals surface area contributed by atoms with E-state index in [1.165, 1.54) is 12.1 Å². The molecule has 0 aliphatic carbocycles. The maximum atomic E-state index is 12.1. The van der Waals surface area contributed by atoms with Crippen LogP contribution in [0, 0.1) is 0 Å². The Kier molecular flexibility index (Phi) is 6.01. The zero-order valence-corrected chi connectivity index (χ0v) is 10.4. The van der Waals surface area contributed by atoms with Gasteiger partial charge >= 0.3 is 6.61 Å². The van der Waals surface area contributed by atoms with Gasteiger partial charge in [-0.1, -0.05) is 31.9 Å². The average Bonchev–Trinajstić information content (AvgIpc) is 2.34. The minimum Gasteiger partial charge on any atom is -0.435 e. The minimum atomic E-state index is -2.86. The standard InChI is InChI=1S/C13H19F2NO2/c1-2-3-7-11(17)12(16)9-5-4-6-10(8-9)18-13(14)15/h4-6,8,11-13,17H,2-3,7,16H2,1H3/t11-,12+/m1/s1. The third-order valence-corrected chi connectivity index (χ3v) is 2.74. The van der Waals surface area contributed by atoms with Crippen molar-refractivity contribution in [1.29, 1.82) is 0 Å². The normalized spacial score (nSPS) is 14.6. The summed E-state index contributed by atoms with van der Waals surface area (Å²) in [5.41, 5.74) is 6.48. The first kappa shape index (κ1) is 14.9. The van der Waals surface area contributed by atoms with E-state index in [0.717, 1.165) is 12.8 Å². The number of aliphatic hydroxyl groups is 1. The second kappa shape index (κ2) is 7.28. The highest BCUT2D eigenvalue weighted by Gasteiger charge is 2.17. The third-order valence-electron chi connectivity index (χ3n) is 2.74. The topological polar surface area (TPSA) is 55.5 Å². The van der Waals surface area contributed by atoms with Crippen LogP contribution in [0.3, 0.4) is 0 Å². The Bertz CT molecular complexity index is 361. The van der Waals surface area contributed by atoms with Crippen molar-refractivity contribution in [3.63, 3.8) is 0 Å². The molecule has 0 saturated carbocycles. The summed E-state index contributed by atoms with van der Waals surface area (Å²) < 4.78 is 28.4. The van der Waals surface area contributed by atoms with Crippen molar-refractivity contribution in [3.05, 3.63) is 29.8 Å². The summed E-state index contributed by atoms with van der Waals surface area (Å²) >= 11 is 0. The van der Waals surface area contributed by atoms with E-state index in [-0.39, 0.29) is 5.75 Å². The number of nitrogens with two attached hydrogens (primary N) is 1. The van der Waals surface area contributed by atoms with Gasteiger partial charge < -0.3 is 15.6 Å². The van der Waals surface area contributed by atoms with E-state index in [4.69, 9.17) is 5.73 Å². The van der Waals surface area contributed by atoms with Gasteiger partial charge in [0.1, 0.15) is 5.75 Å². The molecule has 102 valence electrons. The summed E-state index contributed by atoms with van der Waals surface area (Å²) in [5, 5.41) is 9.86. The Hall–Kier alpha value is -1.20. The lowest BCUT2D eigenvalue weighted by atomic mass is 9.98. The number of aliphatic hydroxyl groups excluding tert-OH is 1. The van der Waals surface area contributed by atoms with Crippen LogP contribution in [0.1, 0.15) is 37.8 Å².